The van der Waals surface area contributed by atoms with Gasteiger partial charge in [0.15, 0.2) is 0 Å². The number of carbonyl (C=O) groups excluding carboxylic acids is 1. The van der Waals surface area contributed by atoms with E-state index in [0.29, 0.717) is 0 Å². The Kier molecular flexibility index (Phi) is 4.21. The third-order valence-corrected chi connectivity index (χ3v) is 3.72. The average Bonchev–Trinajstić information content (AvgIpc) is 2.63. The summed E-state index contributed by atoms with van der Waals surface area (Å²) in [7, 11) is 0. The molecule has 0 aliphatic rings. The molecule has 0 aromatic carbocycles. The Hall–Kier alpha value is -0.900. The van der Waals surface area contributed by atoms with Gasteiger partial charge in [0.2, 0.25) is 5.91 Å². The van der Waals surface area contributed by atoms with Crippen LogP contribution in [0.1, 0.15) is 65.2 Å². The molecule has 1 amide bonds. The molecule has 0 bridgehead atoms. The SMILES string of the molecule is CC(NC(=O)C(C)(C)C)c1nc(C(C)(C)C)cs1. The van der Waals surface area contributed by atoms with Gasteiger partial charge in [-0.2, -0.15) is 0 Å². The van der Waals surface area contributed by atoms with E-state index >= 15 is 0 Å². The van der Waals surface area contributed by atoms with Crippen molar-refractivity contribution in [2.24, 2.45) is 5.41 Å². The molecule has 0 aliphatic carbocycles. The van der Waals surface area contributed by atoms with E-state index in [1.807, 2.05) is 27.7 Å². The van der Waals surface area contributed by atoms with Crippen LogP contribution in [0.2, 0.25) is 0 Å². The van der Waals surface area contributed by atoms with Crippen LogP contribution in [0.15, 0.2) is 5.38 Å². The summed E-state index contributed by atoms with van der Waals surface area (Å²) in [5.41, 5.74) is 0.778. The molecule has 0 aliphatic heterocycles. The van der Waals surface area contributed by atoms with E-state index in [1.54, 1.807) is 11.3 Å². The molecule has 1 unspecified atom stereocenters. The first-order chi connectivity index (χ1) is 8.01. The van der Waals surface area contributed by atoms with Crippen LogP contribution in [-0.4, -0.2) is 10.9 Å². The summed E-state index contributed by atoms with van der Waals surface area (Å²) in [6, 6.07) is -0.0298. The maximum Gasteiger partial charge on any atom is 0.225 e. The van der Waals surface area contributed by atoms with Crippen LogP contribution in [-0.2, 0) is 10.2 Å². The van der Waals surface area contributed by atoms with E-state index in [0.717, 1.165) is 10.7 Å². The van der Waals surface area contributed by atoms with Crippen molar-refractivity contribution in [3.05, 3.63) is 16.1 Å². The van der Waals surface area contributed by atoms with Gasteiger partial charge in [-0.3, -0.25) is 4.79 Å². The smallest absolute Gasteiger partial charge is 0.225 e. The molecule has 1 rings (SSSR count). The van der Waals surface area contributed by atoms with Gasteiger partial charge < -0.3 is 5.32 Å². The number of hydrogen-bond acceptors (Lipinski definition) is 3. The van der Waals surface area contributed by atoms with E-state index in [1.165, 1.54) is 0 Å². The number of hydrogen-bond donors (Lipinski definition) is 1. The van der Waals surface area contributed by atoms with E-state index < -0.39 is 0 Å². The topological polar surface area (TPSA) is 42.0 Å². The van der Waals surface area contributed by atoms with Crippen LogP contribution in [0.25, 0.3) is 0 Å². The Balaban J connectivity index is 2.77. The minimum atomic E-state index is -0.363. The van der Waals surface area contributed by atoms with E-state index in [-0.39, 0.29) is 22.8 Å². The summed E-state index contributed by atoms with van der Waals surface area (Å²) in [4.78, 5) is 16.5. The standard InChI is InChI=1S/C14H24N2OS/c1-9(15-12(17)14(5,6)7)11-16-10(8-18-11)13(2,3)4/h8-9H,1-7H3,(H,15,17). The monoisotopic (exact) mass is 268 g/mol. The maximum atomic E-state index is 11.9. The van der Waals surface area contributed by atoms with Crippen molar-refractivity contribution in [3.8, 4) is 0 Å². The Morgan fingerprint density at radius 2 is 1.83 bits per heavy atom. The second-order valence-electron chi connectivity index (χ2n) is 6.77. The van der Waals surface area contributed by atoms with E-state index in [9.17, 15) is 4.79 Å². The molecule has 102 valence electrons. The molecule has 1 aromatic heterocycles. The Bertz CT molecular complexity index is 424. The molecule has 0 fully saturated rings. The van der Waals surface area contributed by atoms with Gasteiger partial charge in [0.05, 0.1) is 11.7 Å². The maximum absolute atomic E-state index is 11.9. The van der Waals surface area contributed by atoms with Crippen molar-refractivity contribution in [1.82, 2.24) is 10.3 Å². The molecular weight excluding hydrogens is 244 g/mol. The molecule has 1 aromatic rings. The lowest BCUT2D eigenvalue weighted by Crippen LogP contribution is -2.36. The van der Waals surface area contributed by atoms with Gasteiger partial charge in [-0.25, -0.2) is 4.98 Å². The third-order valence-electron chi connectivity index (χ3n) is 2.69. The largest absolute Gasteiger partial charge is 0.347 e. The van der Waals surface area contributed by atoms with Crippen LogP contribution in [0.3, 0.4) is 0 Å². The fourth-order valence-electron chi connectivity index (χ4n) is 1.31. The lowest BCUT2D eigenvalue weighted by atomic mass is 9.93. The van der Waals surface area contributed by atoms with Gasteiger partial charge >= 0.3 is 0 Å². The summed E-state index contributed by atoms with van der Waals surface area (Å²) >= 11 is 1.61. The Morgan fingerprint density at radius 3 is 2.22 bits per heavy atom. The van der Waals surface area contributed by atoms with Crippen molar-refractivity contribution in [3.63, 3.8) is 0 Å². The number of nitrogens with zero attached hydrogens (tertiary/aromatic N) is 1. The van der Waals surface area contributed by atoms with Gasteiger partial charge in [0.25, 0.3) is 0 Å². The van der Waals surface area contributed by atoms with E-state index in [2.05, 4.69) is 36.5 Å². The fourth-order valence-corrected chi connectivity index (χ4v) is 2.36. The number of thiazole rings is 1. The molecule has 0 spiro atoms. The Morgan fingerprint density at radius 1 is 1.28 bits per heavy atom. The third kappa shape index (κ3) is 3.80. The summed E-state index contributed by atoms with van der Waals surface area (Å²) in [5, 5.41) is 6.06. The lowest BCUT2D eigenvalue weighted by Gasteiger charge is -2.21. The molecule has 0 saturated heterocycles. The number of rotatable bonds is 2. The number of amides is 1. The number of carbonyl (C=O) groups is 1. The fraction of sp³-hybridized carbons (Fsp3) is 0.714. The zero-order valence-corrected chi connectivity index (χ0v) is 13.2. The minimum Gasteiger partial charge on any atom is -0.347 e. The van der Waals surface area contributed by atoms with Crippen LogP contribution >= 0.6 is 11.3 Å². The van der Waals surface area contributed by atoms with Gasteiger partial charge in [0, 0.05) is 16.2 Å². The highest BCUT2D eigenvalue weighted by Gasteiger charge is 2.25. The number of aromatic nitrogens is 1. The van der Waals surface area contributed by atoms with Crippen LogP contribution < -0.4 is 5.32 Å². The average molecular weight is 268 g/mol. The summed E-state index contributed by atoms with van der Waals surface area (Å²) < 4.78 is 0. The first kappa shape index (κ1) is 15.2. The summed E-state index contributed by atoms with van der Waals surface area (Å²) in [5.74, 6) is 0.0579. The van der Waals surface area contributed by atoms with Crippen LogP contribution in [0.4, 0.5) is 0 Å². The van der Waals surface area contributed by atoms with Gasteiger partial charge in [-0.15, -0.1) is 11.3 Å². The summed E-state index contributed by atoms with van der Waals surface area (Å²) in [6.45, 7) is 14.2. The van der Waals surface area contributed by atoms with Gasteiger partial charge in [-0.05, 0) is 6.92 Å². The molecule has 4 heteroatoms. The molecule has 3 nitrogen and oxygen atoms in total. The van der Waals surface area contributed by atoms with Gasteiger partial charge in [0.1, 0.15) is 5.01 Å². The van der Waals surface area contributed by atoms with Crippen LogP contribution in [0, 0.1) is 5.41 Å². The molecule has 1 heterocycles. The molecular formula is C14H24N2OS. The van der Waals surface area contributed by atoms with Gasteiger partial charge in [-0.1, -0.05) is 41.5 Å². The van der Waals surface area contributed by atoms with Crippen LogP contribution in [0.5, 0.6) is 0 Å². The van der Waals surface area contributed by atoms with Crippen molar-refractivity contribution in [2.75, 3.05) is 0 Å². The van der Waals surface area contributed by atoms with Crippen molar-refractivity contribution in [1.29, 1.82) is 0 Å². The van der Waals surface area contributed by atoms with Crippen molar-refractivity contribution in [2.45, 2.75) is 59.9 Å². The second kappa shape index (κ2) is 5.00. The first-order valence-electron chi connectivity index (χ1n) is 6.28. The van der Waals surface area contributed by atoms with Crippen molar-refractivity contribution < 1.29 is 4.79 Å². The first-order valence-corrected chi connectivity index (χ1v) is 7.16. The molecule has 18 heavy (non-hydrogen) atoms. The van der Waals surface area contributed by atoms with Crippen molar-refractivity contribution >= 4 is 17.2 Å². The second-order valence-corrected chi connectivity index (χ2v) is 7.66. The molecule has 0 saturated carbocycles. The minimum absolute atomic E-state index is 0.0298. The molecule has 1 atom stereocenters. The predicted octanol–water partition coefficient (Wildman–Crippen LogP) is 3.66. The highest BCUT2D eigenvalue weighted by atomic mass is 32.1. The number of nitrogens with one attached hydrogen (secondary N) is 1. The zero-order valence-electron chi connectivity index (χ0n) is 12.4. The lowest BCUT2D eigenvalue weighted by molar-refractivity contribution is -0.129. The molecule has 1 N–H and O–H groups in total. The highest BCUT2D eigenvalue weighted by Crippen LogP contribution is 2.27. The normalized spacial score (nSPS) is 14.4. The van der Waals surface area contributed by atoms with E-state index in [4.69, 9.17) is 0 Å². The summed E-state index contributed by atoms with van der Waals surface area (Å²) in [6.07, 6.45) is 0. The quantitative estimate of drug-likeness (QED) is 0.889. The zero-order chi connectivity index (χ0) is 14.1. The Labute approximate surface area is 114 Å². The molecule has 0 radical (unpaired) electrons. The predicted molar refractivity (Wildman–Crippen MR) is 76.8 cm³/mol. The highest BCUT2D eigenvalue weighted by molar-refractivity contribution is 7.09.